The van der Waals surface area contributed by atoms with Crippen molar-refractivity contribution in [1.82, 2.24) is 15.5 Å². The monoisotopic (exact) mass is 508 g/mol. The van der Waals surface area contributed by atoms with E-state index in [1.807, 2.05) is 24.1 Å². The Morgan fingerprint density at radius 2 is 1.76 bits per heavy atom. The van der Waals surface area contributed by atoms with Gasteiger partial charge in [-0.25, -0.2) is 4.79 Å². The largest absolute Gasteiger partial charge is 0.625 e. The predicted molar refractivity (Wildman–Crippen MR) is 150 cm³/mol. The molecule has 0 radical (unpaired) electrons. The minimum absolute atomic E-state index is 0.105. The van der Waals surface area contributed by atoms with Crippen molar-refractivity contribution in [3.63, 3.8) is 0 Å². The average Bonchev–Trinajstić information content (AvgIpc) is 2.90. The molecule has 2 amide bonds. The standard InChI is InChI=1S/C30H44N4O3/c1-4-6-8-17-32-29(35)23-34(37)19-18-33(3)28(30(34)36)21-25-10-9-11-27(20-25)26-14-12-24(13-15-26)22-31-16-7-5-2/h9-15,20,28,31H,4-8,16-19,21-23H2,1-3H3,(H,32,35). The molecule has 202 valence electrons. The first-order valence-electron chi connectivity index (χ1n) is 13.8. The molecule has 0 spiro atoms. The number of nitrogens with one attached hydrogen (secondary N) is 2. The van der Waals surface area contributed by atoms with Gasteiger partial charge in [0.25, 0.3) is 5.91 Å². The second-order valence-electron chi connectivity index (χ2n) is 10.3. The second kappa shape index (κ2) is 14.4. The van der Waals surface area contributed by atoms with Crippen LogP contribution in [0.2, 0.25) is 0 Å². The third-order valence-corrected chi connectivity index (χ3v) is 7.21. The van der Waals surface area contributed by atoms with Gasteiger partial charge >= 0.3 is 5.91 Å². The zero-order chi connectivity index (χ0) is 26.7. The number of amides is 2. The summed E-state index contributed by atoms with van der Waals surface area (Å²) in [5.41, 5.74) is 4.47. The predicted octanol–water partition coefficient (Wildman–Crippen LogP) is 4.25. The molecule has 0 saturated carbocycles. The van der Waals surface area contributed by atoms with E-state index < -0.39 is 16.6 Å². The first-order chi connectivity index (χ1) is 17.9. The number of likely N-dealkylation sites (N-methyl/N-ethyl adjacent to an activating group) is 1. The highest BCUT2D eigenvalue weighted by Crippen LogP contribution is 2.25. The van der Waals surface area contributed by atoms with E-state index in [0.717, 1.165) is 49.0 Å². The fourth-order valence-electron chi connectivity index (χ4n) is 4.79. The topological polar surface area (TPSA) is 84.5 Å². The lowest BCUT2D eigenvalue weighted by molar-refractivity contribution is -0.801. The van der Waals surface area contributed by atoms with Gasteiger partial charge in [-0.3, -0.25) is 14.3 Å². The lowest BCUT2D eigenvalue weighted by Gasteiger charge is -2.47. The molecule has 0 aliphatic carbocycles. The molecule has 2 unspecified atom stereocenters. The number of hydroxylamine groups is 3. The van der Waals surface area contributed by atoms with Gasteiger partial charge in [-0.15, -0.1) is 0 Å². The van der Waals surface area contributed by atoms with E-state index in [9.17, 15) is 14.8 Å². The lowest BCUT2D eigenvalue weighted by Crippen LogP contribution is -2.66. The number of piperazine rings is 1. The maximum absolute atomic E-state index is 13.4. The van der Waals surface area contributed by atoms with Crippen LogP contribution in [0, 0.1) is 5.21 Å². The number of rotatable bonds is 14. The Kier molecular flexibility index (Phi) is 11.3. The van der Waals surface area contributed by atoms with Gasteiger partial charge in [0.1, 0.15) is 6.04 Å². The molecule has 7 heteroatoms. The Bertz CT molecular complexity index is 1010. The van der Waals surface area contributed by atoms with Gasteiger partial charge in [0.2, 0.25) is 0 Å². The highest BCUT2D eigenvalue weighted by molar-refractivity contribution is 5.82. The molecule has 37 heavy (non-hydrogen) atoms. The van der Waals surface area contributed by atoms with E-state index in [1.54, 1.807) is 0 Å². The molecule has 1 heterocycles. The molecular formula is C30H44N4O3. The highest BCUT2D eigenvalue weighted by Gasteiger charge is 2.42. The Hall–Kier alpha value is -2.58. The Labute approximate surface area is 222 Å². The third kappa shape index (κ3) is 8.47. The van der Waals surface area contributed by atoms with Crippen molar-refractivity contribution in [2.24, 2.45) is 0 Å². The Balaban J connectivity index is 1.63. The van der Waals surface area contributed by atoms with Crippen molar-refractivity contribution in [3.05, 3.63) is 64.9 Å². The third-order valence-electron chi connectivity index (χ3n) is 7.21. The van der Waals surface area contributed by atoms with E-state index in [1.165, 1.54) is 18.4 Å². The van der Waals surface area contributed by atoms with E-state index in [2.05, 4.69) is 60.9 Å². The van der Waals surface area contributed by atoms with Crippen molar-refractivity contribution >= 4 is 11.8 Å². The van der Waals surface area contributed by atoms with Crippen molar-refractivity contribution in [1.29, 1.82) is 0 Å². The summed E-state index contributed by atoms with van der Waals surface area (Å²) >= 11 is 0. The summed E-state index contributed by atoms with van der Waals surface area (Å²) < 4.78 is -1.08. The summed E-state index contributed by atoms with van der Waals surface area (Å²) in [5.74, 6) is -0.767. The van der Waals surface area contributed by atoms with E-state index in [-0.39, 0.29) is 19.0 Å². The van der Waals surface area contributed by atoms with Crippen molar-refractivity contribution in [2.45, 2.75) is 65.0 Å². The maximum Gasteiger partial charge on any atom is 0.331 e. The van der Waals surface area contributed by atoms with Crippen LogP contribution < -0.4 is 10.6 Å². The van der Waals surface area contributed by atoms with Crippen LogP contribution in [-0.4, -0.2) is 67.2 Å². The summed E-state index contributed by atoms with van der Waals surface area (Å²) in [6.07, 6.45) is 5.80. The summed E-state index contributed by atoms with van der Waals surface area (Å²) in [5, 5.41) is 19.7. The van der Waals surface area contributed by atoms with E-state index in [4.69, 9.17) is 0 Å². The SMILES string of the molecule is CCCCCNC(=O)C[N+]1([O-])CCN(C)C(Cc2cccc(-c3ccc(CNCCCC)cc3)c2)C1=O. The number of benzene rings is 2. The maximum atomic E-state index is 13.4. The highest BCUT2D eigenvalue weighted by atomic mass is 16.6. The summed E-state index contributed by atoms with van der Waals surface area (Å²) in [7, 11) is 1.88. The molecule has 1 aliphatic rings. The fraction of sp³-hybridized carbons (Fsp3) is 0.533. The molecule has 0 bridgehead atoms. The number of carbonyl (C=O) groups is 2. The first kappa shape index (κ1) is 29.0. The molecule has 1 fully saturated rings. The van der Waals surface area contributed by atoms with Crippen LogP contribution >= 0.6 is 0 Å². The van der Waals surface area contributed by atoms with Crippen molar-refractivity contribution in [2.75, 3.05) is 39.8 Å². The quantitative estimate of drug-likeness (QED) is 0.226. The molecule has 2 aromatic carbocycles. The number of unbranched alkanes of at least 4 members (excludes halogenated alkanes) is 3. The first-order valence-corrected chi connectivity index (χ1v) is 13.8. The smallest absolute Gasteiger partial charge is 0.331 e. The average molecular weight is 509 g/mol. The van der Waals surface area contributed by atoms with Gasteiger partial charge in [0, 0.05) is 26.1 Å². The number of nitrogens with zero attached hydrogens (tertiary/aromatic N) is 2. The van der Waals surface area contributed by atoms with Crippen LogP contribution in [-0.2, 0) is 22.6 Å². The Morgan fingerprint density at radius 3 is 2.49 bits per heavy atom. The number of hydrogen-bond acceptors (Lipinski definition) is 5. The van der Waals surface area contributed by atoms with Crippen LogP contribution in [0.3, 0.4) is 0 Å². The minimum atomic E-state index is -1.08. The van der Waals surface area contributed by atoms with Gasteiger partial charge in [-0.2, -0.15) is 0 Å². The van der Waals surface area contributed by atoms with Crippen LogP contribution in [0.25, 0.3) is 11.1 Å². The molecule has 2 aromatic rings. The summed E-state index contributed by atoms with van der Waals surface area (Å²) in [6.45, 7) is 6.98. The van der Waals surface area contributed by atoms with Crippen molar-refractivity contribution in [3.8, 4) is 11.1 Å². The molecule has 3 rings (SSSR count). The lowest BCUT2D eigenvalue weighted by atomic mass is 9.97. The van der Waals surface area contributed by atoms with Crippen LogP contribution in [0.4, 0.5) is 0 Å². The van der Waals surface area contributed by atoms with Gasteiger partial charge < -0.3 is 15.8 Å². The zero-order valence-corrected chi connectivity index (χ0v) is 22.8. The Morgan fingerprint density at radius 1 is 1.00 bits per heavy atom. The van der Waals surface area contributed by atoms with Gasteiger partial charge in [-0.05, 0) is 48.7 Å². The fourth-order valence-corrected chi connectivity index (χ4v) is 4.79. The van der Waals surface area contributed by atoms with Crippen LogP contribution in [0.15, 0.2) is 48.5 Å². The number of quaternary nitrogens is 1. The summed E-state index contributed by atoms with van der Waals surface area (Å²) in [4.78, 5) is 27.7. The molecular weight excluding hydrogens is 464 g/mol. The van der Waals surface area contributed by atoms with Gasteiger partial charge in [-0.1, -0.05) is 81.6 Å². The molecule has 1 aliphatic heterocycles. The van der Waals surface area contributed by atoms with E-state index in [0.29, 0.717) is 19.5 Å². The van der Waals surface area contributed by atoms with Crippen LogP contribution in [0.1, 0.15) is 57.1 Å². The second-order valence-corrected chi connectivity index (χ2v) is 10.3. The molecule has 2 atom stereocenters. The molecule has 2 N–H and O–H groups in total. The molecule has 1 saturated heterocycles. The number of carbonyl (C=O) groups excluding carboxylic acids is 2. The molecule has 0 aromatic heterocycles. The van der Waals surface area contributed by atoms with Crippen molar-refractivity contribution < 1.29 is 14.2 Å². The normalized spacial score (nSPS) is 20.2. The van der Waals surface area contributed by atoms with E-state index >= 15 is 0 Å². The zero-order valence-electron chi connectivity index (χ0n) is 22.8. The number of hydrogen-bond donors (Lipinski definition) is 2. The minimum Gasteiger partial charge on any atom is -0.625 e. The summed E-state index contributed by atoms with van der Waals surface area (Å²) in [6, 6.07) is 16.2. The van der Waals surface area contributed by atoms with Crippen LogP contribution in [0.5, 0.6) is 0 Å². The molecule has 7 nitrogen and oxygen atoms in total. The van der Waals surface area contributed by atoms with Gasteiger partial charge in [0.15, 0.2) is 6.54 Å². The van der Waals surface area contributed by atoms with Gasteiger partial charge in [0.05, 0.1) is 6.54 Å².